The molecule has 1 aromatic rings. The van der Waals surface area contributed by atoms with Crippen LogP contribution in [0.15, 0.2) is 17.2 Å². The summed E-state index contributed by atoms with van der Waals surface area (Å²) in [6.45, 7) is 2.27. The molecule has 1 atom stereocenters. The molecule has 2 heterocycles. The zero-order chi connectivity index (χ0) is 20.3. The largest absolute Gasteiger partial charge is 0.442 e. The van der Waals surface area contributed by atoms with Gasteiger partial charge in [-0.2, -0.15) is 0 Å². The van der Waals surface area contributed by atoms with Crippen molar-refractivity contribution >= 4 is 23.4 Å². The van der Waals surface area contributed by atoms with Crippen molar-refractivity contribution in [3.63, 3.8) is 0 Å². The lowest BCUT2D eigenvalue weighted by Gasteiger charge is -2.32. The molecule has 1 aromatic carbocycles. The van der Waals surface area contributed by atoms with E-state index in [1.807, 2.05) is 0 Å². The van der Waals surface area contributed by atoms with Crippen LogP contribution in [0.25, 0.3) is 10.4 Å². The summed E-state index contributed by atoms with van der Waals surface area (Å²) in [4.78, 5) is 28.5. The van der Waals surface area contributed by atoms with E-state index in [9.17, 15) is 18.4 Å². The molecule has 0 bridgehead atoms. The molecule has 2 saturated heterocycles. The number of hydrogen-bond acceptors (Lipinski definition) is 5. The van der Waals surface area contributed by atoms with Crippen molar-refractivity contribution in [2.75, 3.05) is 36.0 Å². The molecule has 1 N–H and O–H groups in total. The Labute approximate surface area is 159 Å². The fourth-order valence-corrected chi connectivity index (χ4v) is 3.38. The number of hydrogen-bond donors (Lipinski definition) is 1. The van der Waals surface area contributed by atoms with Gasteiger partial charge < -0.3 is 15.0 Å². The number of carbonyl (C=O) groups is 2. The van der Waals surface area contributed by atoms with Gasteiger partial charge in [0.1, 0.15) is 11.8 Å². The highest BCUT2D eigenvalue weighted by Crippen LogP contribution is 2.32. The number of nitrogens with one attached hydrogen (secondary N) is 1. The van der Waals surface area contributed by atoms with Gasteiger partial charge in [-0.1, -0.05) is 5.11 Å². The Kier molecular flexibility index (Phi) is 5.84. The van der Waals surface area contributed by atoms with Gasteiger partial charge >= 0.3 is 6.09 Å². The van der Waals surface area contributed by atoms with Gasteiger partial charge in [-0.05, 0) is 18.4 Å². The summed E-state index contributed by atoms with van der Waals surface area (Å²) < 4.78 is 34.5. The molecule has 0 spiro atoms. The molecule has 2 amide bonds. The third-order valence-electron chi connectivity index (χ3n) is 4.76. The summed E-state index contributed by atoms with van der Waals surface area (Å²) in [6, 6.07) is 2.02. The Bertz CT molecular complexity index is 798. The van der Waals surface area contributed by atoms with E-state index in [0.29, 0.717) is 25.9 Å². The van der Waals surface area contributed by atoms with E-state index in [1.165, 1.54) is 6.92 Å². The third-order valence-corrected chi connectivity index (χ3v) is 4.76. The van der Waals surface area contributed by atoms with Crippen LogP contribution in [0.4, 0.5) is 25.0 Å². The predicted octanol–water partition coefficient (Wildman–Crippen LogP) is 2.71. The van der Waals surface area contributed by atoms with E-state index in [0.717, 1.165) is 17.0 Å². The number of ether oxygens (including phenoxy) is 1. The standard InChI is InChI=1S/C17H20F2N6O3/c1-10(26)21-8-13-9-25(17(27)28-13)12-6-14(18)16(15(19)7-12)24-4-2-11(3-5-24)22-23-20/h6-7,11,13H,2-5,8-9H2,1H3,(H,21,26)/t13-/m0/s1. The van der Waals surface area contributed by atoms with E-state index < -0.39 is 23.8 Å². The molecule has 0 radical (unpaired) electrons. The van der Waals surface area contributed by atoms with E-state index in [4.69, 9.17) is 10.3 Å². The molecule has 2 aliphatic heterocycles. The maximum absolute atomic E-state index is 14.7. The van der Waals surface area contributed by atoms with Crippen molar-refractivity contribution in [2.45, 2.75) is 31.9 Å². The molecule has 3 rings (SSSR count). The number of cyclic esters (lactones) is 1. The van der Waals surface area contributed by atoms with Gasteiger partial charge in [0.25, 0.3) is 0 Å². The SMILES string of the molecule is CC(=O)NC[C@H]1CN(c2cc(F)c(N3CCC(N=[N+]=[N-])CC3)c(F)c2)C(=O)O1. The average molecular weight is 394 g/mol. The van der Waals surface area contributed by atoms with E-state index in [-0.39, 0.29) is 36.4 Å². The lowest BCUT2D eigenvalue weighted by molar-refractivity contribution is -0.119. The normalized spacial score (nSPS) is 20.0. The van der Waals surface area contributed by atoms with Crippen LogP contribution >= 0.6 is 0 Å². The van der Waals surface area contributed by atoms with E-state index >= 15 is 0 Å². The van der Waals surface area contributed by atoms with Crippen LogP contribution in [0.2, 0.25) is 0 Å². The first-order valence-electron chi connectivity index (χ1n) is 8.89. The topological polar surface area (TPSA) is 111 Å². The van der Waals surface area contributed by atoms with Gasteiger partial charge in [0.15, 0.2) is 11.6 Å². The van der Waals surface area contributed by atoms with Gasteiger partial charge in [0.2, 0.25) is 5.91 Å². The smallest absolute Gasteiger partial charge is 0.414 e. The van der Waals surface area contributed by atoms with Crippen LogP contribution in [0.1, 0.15) is 19.8 Å². The number of azide groups is 1. The molecular formula is C17H20F2N6O3. The minimum absolute atomic E-state index is 0.0537. The summed E-state index contributed by atoms with van der Waals surface area (Å²) in [7, 11) is 0. The fraction of sp³-hybridized carbons (Fsp3) is 0.529. The Morgan fingerprint density at radius 2 is 2.00 bits per heavy atom. The summed E-state index contributed by atoms with van der Waals surface area (Å²) in [5.74, 6) is -1.83. The van der Waals surface area contributed by atoms with Crippen molar-refractivity contribution < 1.29 is 23.1 Å². The van der Waals surface area contributed by atoms with Gasteiger partial charge in [0.05, 0.1) is 18.8 Å². The zero-order valence-corrected chi connectivity index (χ0v) is 15.3. The molecule has 0 unspecified atom stereocenters. The monoisotopic (exact) mass is 394 g/mol. The lowest BCUT2D eigenvalue weighted by Crippen LogP contribution is -2.36. The first-order valence-corrected chi connectivity index (χ1v) is 8.89. The Morgan fingerprint density at radius 3 is 2.57 bits per heavy atom. The van der Waals surface area contributed by atoms with Crippen LogP contribution in [0.3, 0.4) is 0 Å². The van der Waals surface area contributed by atoms with Crippen molar-refractivity contribution in [2.24, 2.45) is 5.11 Å². The minimum atomic E-state index is -0.782. The highest BCUT2D eigenvalue weighted by Gasteiger charge is 2.34. The third kappa shape index (κ3) is 4.25. The number of nitrogens with zero attached hydrogens (tertiary/aromatic N) is 5. The highest BCUT2D eigenvalue weighted by molar-refractivity contribution is 5.90. The first-order chi connectivity index (χ1) is 13.4. The van der Waals surface area contributed by atoms with Crippen molar-refractivity contribution in [1.82, 2.24) is 5.32 Å². The second-order valence-electron chi connectivity index (χ2n) is 6.73. The molecule has 2 aliphatic rings. The van der Waals surface area contributed by atoms with Crippen LogP contribution < -0.4 is 15.1 Å². The Morgan fingerprint density at radius 1 is 1.36 bits per heavy atom. The number of carbonyl (C=O) groups excluding carboxylic acids is 2. The minimum Gasteiger partial charge on any atom is -0.442 e. The van der Waals surface area contributed by atoms with Gasteiger partial charge in [-0.25, -0.2) is 13.6 Å². The van der Waals surface area contributed by atoms with Crippen LogP contribution in [-0.4, -0.2) is 50.3 Å². The number of halogens is 2. The van der Waals surface area contributed by atoms with E-state index in [1.54, 1.807) is 4.90 Å². The highest BCUT2D eigenvalue weighted by atomic mass is 19.1. The molecular weight excluding hydrogens is 374 g/mol. The van der Waals surface area contributed by atoms with Crippen molar-refractivity contribution in [3.05, 3.63) is 34.2 Å². The number of anilines is 2. The van der Waals surface area contributed by atoms with Gasteiger partial charge in [-0.15, -0.1) is 0 Å². The number of piperidine rings is 1. The molecule has 0 aliphatic carbocycles. The molecule has 0 aromatic heterocycles. The number of amides is 2. The molecule has 2 fully saturated rings. The zero-order valence-electron chi connectivity index (χ0n) is 15.3. The fourth-order valence-electron chi connectivity index (χ4n) is 3.38. The second-order valence-corrected chi connectivity index (χ2v) is 6.73. The van der Waals surface area contributed by atoms with Crippen LogP contribution in [-0.2, 0) is 9.53 Å². The molecule has 9 nitrogen and oxygen atoms in total. The van der Waals surface area contributed by atoms with Crippen molar-refractivity contribution in [3.8, 4) is 0 Å². The maximum atomic E-state index is 14.7. The number of rotatable bonds is 5. The molecule has 28 heavy (non-hydrogen) atoms. The van der Waals surface area contributed by atoms with Gasteiger partial charge in [-0.3, -0.25) is 9.69 Å². The van der Waals surface area contributed by atoms with Crippen molar-refractivity contribution in [1.29, 1.82) is 0 Å². The second kappa shape index (κ2) is 8.30. The average Bonchev–Trinajstić information content (AvgIpc) is 3.02. The van der Waals surface area contributed by atoms with Crippen LogP contribution in [0.5, 0.6) is 0 Å². The predicted molar refractivity (Wildman–Crippen MR) is 97.0 cm³/mol. The first kappa shape index (κ1) is 19.7. The summed E-state index contributed by atoms with van der Waals surface area (Å²) >= 11 is 0. The van der Waals surface area contributed by atoms with Gasteiger partial charge in [0, 0.05) is 43.1 Å². The summed E-state index contributed by atoms with van der Waals surface area (Å²) in [5, 5.41) is 6.19. The lowest BCUT2D eigenvalue weighted by atomic mass is 10.0. The summed E-state index contributed by atoms with van der Waals surface area (Å²) in [5.41, 5.74) is 8.38. The molecule has 150 valence electrons. The Balaban J connectivity index is 1.73. The quantitative estimate of drug-likeness (QED) is 0.470. The Hall–Kier alpha value is -3.07. The maximum Gasteiger partial charge on any atom is 0.414 e. The molecule has 11 heteroatoms. The van der Waals surface area contributed by atoms with Crippen LogP contribution in [0, 0.1) is 11.6 Å². The summed E-state index contributed by atoms with van der Waals surface area (Å²) in [6.07, 6.45) is -0.305. The van der Waals surface area contributed by atoms with E-state index in [2.05, 4.69) is 15.3 Å². The molecule has 0 saturated carbocycles. The number of benzene rings is 1.